The summed E-state index contributed by atoms with van der Waals surface area (Å²) in [7, 11) is 0. The Morgan fingerprint density at radius 3 is 2.72 bits per heavy atom. The third-order valence-electron chi connectivity index (χ3n) is 4.15. The van der Waals surface area contributed by atoms with Crippen LogP contribution in [0.3, 0.4) is 0 Å². The smallest absolute Gasteiger partial charge is 0.119 e. The van der Waals surface area contributed by atoms with Crippen molar-refractivity contribution in [2.75, 3.05) is 19.7 Å². The van der Waals surface area contributed by atoms with E-state index < -0.39 is 0 Å². The molecule has 2 atom stereocenters. The van der Waals surface area contributed by atoms with Crippen LogP contribution in [0.15, 0.2) is 24.3 Å². The predicted molar refractivity (Wildman–Crippen MR) is 69.4 cm³/mol. The molecule has 2 aliphatic rings. The number of fused-ring (bicyclic) bond motifs is 2. The molecule has 1 aromatic carbocycles. The van der Waals surface area contributed by atoms with Crippen LogP contribution in [0.2, 0.25) is 0 Å². The predicted octanol–water partition coefficient (Wildman–Crippen LogP) is 2.42. The Morgan fingerprint density at radius 2 is 2.11 bits per heavy atom. The van der Waals surface area contributed by atoms with E-state index in [1.165, 1.54) is 25.8 Å². The van der Waals surface area contributed by atoms with Crippen LogP contribution in [-0.2, 0) is 0 Å². The zero-order valence-electron chi connectivity index (χ0n) is 10.5. The van der Waals surface area contributed by atoms with Crippen molar-refractivity contribution in [3.63, 3.8) is 0 Å². The fourth-order valence-electron chi connectivity index (χ4n) is 3.21. The molecule has 1 aliphatic heterocycles. The van der Waals surface area contributed by atoms with E-state index in [0.717, 1.165) is 30.9 Å². The summed E-state index contributed by atoms with van der Waals surface area (Å²) in [5.74, 6) is 1.81. The molecule has 3 nitrogen and oxygen atoms in total. The van der Waals surface area contributed by atoms with Crippen molar-refractivity contribution < 1.29 is 4.74 Å². The number of hydrogen-bond donors (Lipinski definition) is 0. The fraction of sp³-hybridized carbons (Fsp3) is 0.533. The van der Waals surface area contributed by atoms with Crippen molar-refractivity contribution in [3.8, 4) is 11.8 Å². The standard InChI is InChI=1S/C15H18N2O/c16-10-12-2-5-15(6-3-12)18-8-7-17-11-13-1-4-14(17)9-13/h2-3,5-6,13-14H,1,4,7-9,11H2. The molecule has 0 spiro atoms. The number of nitriles is 1. The number of hydrogen-bond acceptors (Lipinski definition) is 3. The normalized spacial score (nSPS) is 26.2. The van der Waals surface area contributed by atoms with Crippen LogP contribution in [0.4, 0.5) is 0 Å². The van der Waals surface area contributed by atoms with Gasteiger partial charge in [0.15, 0.2) is 0 Å². The number of benzene rings is 1. The van der Waals surface area contributed by atoms with Crippen LogP contribution >= 0.6 is 0 Å². The number of likely N-dealkylation sites (tertiary alicyclic amines) is 1. The molecule has 0 radical (unpaired) electrons. The summed E-state index contributed by atoms with van der Waals surface area (Å²) >= 11 is 0. The largest absolute Gasteiger partial charge is 0.492 e. The van der Waals surface area contributed by atoms with Gasteiger partial charge in [0.05, 0.1) is 11.6 Å². The lowest BCUT2D eigenvalue weighted by Crippen LogP contribution is -2.35. The quantitative estimate of drug-likeness (QED) is 0.813. The fourth-order valence-corrected chi connectivity index (χ4v) is 3.21. The Balaban J connectivity index is 1.45. The second kappa shape index (κ2) is 4.99. The monoisotopic (exact) mass is 242 g/mol. The van der Waals surface area contributed by atoms with E-state index in [2.05, 4.69) is 11.0 Å². The molecule has 1 aromatic rings. The van der Waals surface area contributed by atoms with E-state index in [4.69, 9.17) is 10.00 Å². The summed E-state index contributed by atoms with van der Waals surface area (Å²) in [6.45, 7) is 3.04. The van der Waals surface area contributed by atoms with Crippen molar-refractivity contribution in [3.05, 3.63) is 29.8 Å². The summed E-state index contributed by atoms with van der Waals surface area (Å²) in [6.07, 6.45) is 4.20. The summed E-state index contributed by atoms with van der Waals surface area (Å²) in [5, 5.41) is 8.71. The van der Waals surface area contributed by atoms with Crippen LogP contribution in [-0.4, -0.2) is 30.6 Å². The zero-order valence-corrected chi connectivity index (χ0v) is 10.5. The molecular weight excluding hydrogens is 224 g/mol. The molecule has 2 fully saturated rings. The van der Waals surface area contributed by atoms with Crippen molar-refractivity contribution in [2.24, 2.45) is 5.92 Å². The number of ether oxygens (including phenoxy) is 1. The molecule has 2 bridgehead atoms. The molecule has 3 rings (SSSR count). The molecule has 0 aromatic heterocycles. The lowest BCUT2D eigenvalue weighted by Gasteiger charge is -2.26. The maximum atomic E-state index is 8.71. The molecule has 0 amide bonds. The summed E-state index contributed by atoms with van der Waals surface area (Å²) < 4.78 is 5.72. The number of nitrogens with zero attached hydrogens (tertiary/aromatic N) is 2. The summed E-state index contributed by atoms with van der Waals surface area (Å²) in [5.41, 5.74) is 0.680. The van der Waals surface area contributed by atoms with Gasteiger partial charge in [0.1, 0.15) is 12.4 Å². The molecule has 2 unspecified atom stereocenters. The summed E-state index contributed by atoms with van der Waals surface area (Å²) in [4.78, 5) is 2.57. The van der Waals surface area contributed by atoms with E-state index in [-0.39, 0.29) is 0 Å². The second-order valence-electron chi connectivity index (χ2n) is 5.31. The van der Waals surface area contributed by atoms with Gasteiger partial charge in [0.25, 0.3) is 0 Å². The van der Waals surface area contributed by atoms with E-state index in [9.17, 15) is 0 Å². The minimum absolute atomic E-state index is 0.680. The Hall–Kier alpha value is -1.53. The molecule has 1 aliphatic carbocycles. The van der Waals surface area contributed by atoms with Gasteiger partial charge in [-0.2, -0.15) is 5.26 Å². The zero-order chi connectivity index (χ0) is 12.4. The maximum absolute atomic E-state index is 8.71. The molecule has 3 heteroatoms. The molecular formula is C15H18N2O. The molecule has 1 saturated heterocycles. The molecule has 0 N–H and O–H groups in total. The van der Waals surface area contributed by atoms with Crippen LogP contribution in [0.25, 0.3) is 0 Å². The Morgan fingerprint density at radius 1 is 1.28 bits per heavy atom. The highest BCUT2D eigenvalue weighted by atomic mass is 16.5. The maximum Gasteiger partial charge on any atom is 0.119 e. The van der Waals surface area contributed by atoms with Gasteiger partial charge in [0, 0.05) is 19.1 Å². The molecule has 18 heavy (non-hydrogen) atoms. The van der Waals surface area contributed by atoms with Crippen LogP contribution in [0.1, 0.15) is 24.8 Å². The minimum atomic E-state index is 0.680. The first-order valence-electron chi connectivity index (χ1n) is 6.72. The van der Waals surface area contributed by atoms with Gasteiger partial charge in [-0.25, -0.2) is 0 Å². The van der Waals surface area contributed by atoms with Crippen molar-refractivity contribution in [2.45, 2.75) is 25.3 Å². The van der Waals surface area contributed by atoms with Crippen molar-refractivity contribution in [1.82, 2.24) is 4.90 Å². The Kier molecular flexibility index (Phi) is 3.21. The first-order chi connectivity index (χ1) is 8.85. The average molecular weight is 242 g/mol. The number of rotatable bonds is 4. The number of piperidine rings is 1. The van der Waals surface area contributed by atoms with Gasteiger partial charge < -0.3 is 4.74 Å². The Bertz CT molecular complexity index is 449. The van der Waals surface area contributed by atoms with Gasteiger partial charge in [-0.15, -0.1) is 0 Å². The van der Waals surface area contributed by atoms with E-state index >= 15 is 0 Å². The first kappa shape index (κ1) is 11.6. The SMILES string of the molecule is N#Cc1ccc(OCCN2CC3CCC2C3)cc1. The van der Waals surface area contributed by atoms with Crippen LogP contribution in [0, 0.1) is 17.2 Å². The molecule has 94 valence electrons. The highest BCUT2D eigenvalue weighted by Crippen LogP contribution is 2.36. The van der Waals surface area contributed by atoms with E-state index in [1.807, 2.05) is 12.1 Å². The minimum Gasteiger partial charge on any atom is -0.492 e. The lowest BCUT2D eigenvalue weighted by atomic mass is 10.1. The second-order valence-corrected chi connectivity index (χ2v) is 5.31. The third kappa shape index (κ3) is 2.34. The van der Waals surface area contributed by atoms with Crippen molar-refractivity contribution >= 4 is 0 Å². The van der Waals surface area contributed by atoms with Gasteiger partial charge in [0.2, 0.25) is 0 Å². The first-order valence-corrected chi connectivity index (χ1v) is 6.72. The van der Waals surface area contributed by atoms with Crippen LogP contribution in [0.5, 0.6) is 5.75 Å². The topological polar surface area (TPSA) is 36.3 Å². The van der Waals surface area contributed by atoms with Gasteiger partial charge in [-0.1, -0.05) is 0 Å². The molecule has 1 saturated carbocycles. The van der Waals surface area contributed by atoms with E-state index in [1.54, 1.807) is 12.1 Å². The highest BCUT2D eigenvalue weighted by molar-refractivity contribution is 5.34. The lowest BCUT2D eigenvalue weighted by molar-refractivity contribution is 0.172. The summed E-state index contributed by atoms with van der Waals surface area (Å²) in [6, 6.07) is 10.3. The average Bonchev–Trinajstić information content (AvgIpc) is 3.02. The molecule has 1 heterocycles. The van der Waals surface area contributed by atoms with Crippen LogP contribution < -0.4 is 4.74 Å². The highest BCUT2D eigenvalue weighted by Gasteiger charge is 2.37. The van der Waals surface area contributed by atoms with E-state index in [0.29, 0.717) is 5.56 Å². The van der Waals surface area contributed by atoms with Gasteiger partial charge >= 0.3 is 0 Å². The van der Waals surface area contributed by atoms with Gasteiger partial charge in [-0.05, 0) is 49.4 Å². The Labute approximate surface area is 108 Å². The van der Waals surface area contributed by atoms with Gasteiger partial charge in [-0.3, -0.25) is 4.90 Å². The van der Waals surface area contributed by atoms with Crippen molar-refractivity contribution in [1.29, 1.82) is 5.26 Å². The third-order valence-corrected chi connectivity index (χ3v) is 4.15.